The maximum atomic E-state index is 13.9. The second-order valence-corrected chi connectivity index (χ2v) is 6.13. The summed E-state index contributed by atoms with van der Waals surface area (Å²) in [5, 5.41) is 13.3. The first kappa shape index (κ1) is 17.8. The van der Waals surface area contributed by atoms with Crippen LogP contribution in [0.2, 0.25) is 0 Å². The summed E-state index contributed by atoms with van der Waals surface area (Å²) >= 11 is 0. The Labute approximate surface area is 158 Å². The Balaban J connectivity index is 1.81. The van der Waals surface area contributed by atoms with E-state index in [1.165, 1.54) is 30.3 Å². The summed E-state index contributed by atoms with van der Waals surface area (Å²) in [5.74, 6) is -1.50. The smallest absolute Gasteiger partial charge is 0.165 e. The summed E-state index contributed by atoms with van der Waals surface area (Å²) in [6.07, 6.45) is 0. The minimum atomic E-state index is -0.696. The lowest BCUT2D eigenvalue weighted by Gasteiger charge is -2.12. The standard InChI is InChI=1S/C21H14F3N3O/c22-12-8-9-18-14(10-12)20(25-11-15-16(23)5-3-6-17(15)24)27-21(26-18)13-4-1-2-7-19(13)28/h1-10,28H,11H2,(H,25,26,27). The van der Waals surface area contributed by atoms with E-state index in [4.69, 9.17) is 0 Å². The van der Waals surface area contributed by atoms with Gasteiger partial charge in [0.1, 0.15) is 29.0 Å². The largest absolute Gasteiger partial charge is 0.507 e. The molecule has 7 heteroatoms. The minimum absolute atomic E-state index is 0.0185. The molecule has 0 saturated heterocycles. The lowest BCUT2D eigenvalue weighted by Crippen LogP contribution is -2.07. The van der Waals surface area contributed by atoms with Crippen LogP contribution in [0.15, 0.2) is 60.7 Å². The van der Waals surface area contributed by atoms with Gasteiger partial charge in [-0.3, -0.25) is 0 Å². The van der Waals surface area contributed by atoms with Crippen molar-refractivity contribution in [2.24, 2.45) is 0 Å². The van der Waals surface area contributed by atoms with E-state index in [1.807, 2.05) is 0 Å². The number of aromatic hydroxyl groups is 1. The molecule has 0 aliphatic rings. The highest BCUT2D eigenvalue weighted by Crippen LogP contribution is 2.30. The zero-order valence-electron chi connectivity index (χ0n) is 14.5. The zero-order chi connectivity index (χ0) is 19.7. The van der Waals surface area contributed by atoms with E-state index in [0.29, 0.717) is 16.5 Å². The van der Waals surface area contributed by atoms with Gasteiger partial charge in [-0.05, 0) is 42.5 Å². The first-order valence-corrected chi connectivity index (χ1v) is 8.45. The molecule has 0 radical (unpaired) electrons. The number of nitrogens with zero attached hydrogens (tertiary/aromatic N) is 2. The van der Waals surface area contributed by atoms with Gasteiger partial charge in [0.25, 0.3) is 0 Å². The molecule has 0 spiro atoms. The molecule has 0 bridgehead atoms. The van der Waals surface area contributed by atoms with E-state index in [9.17, 15) is 18.3 Å². The zero-order valence-corrected chi connectivity index (χ0v) is 14.5. The number of halogens is 3. The van der Waals surface area contributed by atoms with Gasteiger partial charge >= 0.3 is 0 Å². The number of phenolic OH excluding ortho intramolecular Hbond substituents is 1. The fourth-order valence-electron chi connectivity index (χ4n) is 2.89. The van der Waals surface area contributed by atoms with E-state index in [0.717, 1.165) is 12.1 Å². The molecule has 0 amide bonds. The highest BCUT2D eigenvalue weighted by molar-refractivity contribution is 5.91. The Bertz CT molecular complexity index is 1160. The van der Waals surface area contributed by atoms with Crippen molar-refractivity contribution in [1.82, 2.24) is 9.97 Å². The monoisotopic (exact) mass is 381 g/mol. The highest BCUT2D eigenvalue weighted by atomic mass is 19.1. The van der Waals surface area contributed by atoms with Crippen molar-refractivity contribution in [1.29, 1.82) is 0 Å². The molecule has 1 aromatic heterocycles. The maximum Gasteiger partial charge on any atom is 0.165 e. The van der Waals surface area contributed by atoms with E-state index in [2.05, 4.69) is 15.3 Å². The number of para-hydroxylation sites is 1. The molecular weight excluding hydrogens is 367 g/mol. The number of benzene rings is 3. The Kier molecular flexibility index (Phi) is 4.57. The van der Waals surface area contributed by atoms with Gasteiger partial charge in [-0.25, -0.2) is 23.1 Å². The molecule has 3 aromatic carbocycles. The molecule has 0 saturated carbocycles. The first-order valence-electron chi connectivity index (χ1n) is 8.45. The molecule has 28 heavy (non-hydrogen) atoms. The van der Waals surface area contributed by atoms with Crippen LogP contribution in [0, 0.1) is 17.5 Å². The summed E-state index contributed by atoms with van der Waals surface area (Å²) in [7, 11) is 0. The summed E-state index contributed by atoms with van der Waals surface area (Å²) in [5.41, 5.74) is 0.648. The van der Waals surface area contributed by atoms with Crippen LogP contribution in [-0.2, 0) is 6.54 Å². The Hall–Kier alpha value is -3.61. The predicted octanol–water partition coefficient (Wildman–Crippen LogP) is 5.03. The number of hydrogen-bond donors (Lipinski definition) is 2. The maximum absolute atomic E-state index is 13.9. The van der Waals surface area contributed by atoms with Gasteiger partial charge in [0.05, 0.1) is 11.1 Å². The molecule has 0 unspecified atom stereocenters. The molecule has 0 aliphatic heterocycles. The van der Waals surface area contributed by atoms with Crippen LogP contribution >= 0.6 is 0 Å². The third-order valence-electron chi connectivity index (χ3n) is 4.30. The minimum Gasteiger partial charge on any atom is -0.507 e. The molecule has 2 N–H and O–H groups in total. The number of anilines is 1. The fraction of sp³-hybridized carbons (Fsp3) is 0.0476. The number of fused-ring (bicyclic) bond motifs is 1. The van der Waals surface area contributed by atoms with Gasteiger partial charge in [0.2, 0.25) is 0 Å². The number of rotatable bonds is 4. The SMILES string of the molecule is Oc1ccccc1-c1nc(NCc2c(F)cccc2F)c2cc(F)ccc2n1. The Morgan fingerprint density at radius 2 is 1.61 bits per heavy atom. The molecule has 4 rings (SSSR count). The van der Waals surface area contributed by atoms with Crippen molar-refractivity contribution >= 4 is 16.7 Å². The van der Waals surface area contributed by atoms with E-state index >= 15 is 0 Å². The van der Waals surface area contributed by atoms with E-state index in [-0.39, 0.29) is 29.5 Å². The van der Waals surface area contributed by atoms with Gasteiger partial charge < -0.3 is 10.4 Å². The van der Waals surface area contributed by atoms with Crippen molar-refractivity contribution in [3.8, 4) is 17.1 Å². The third kappa shape index (κ3) is 3.34. The summed E-state index contributed by atoms with van der Waals surface area (Å²) in [6.45, 7) is -0.193. The number of nitrogens with one attached hydrogen (secondary N) is 1. The molecule has 0 fully saturated rings. The van der Waals surface area contributed by atoms with E-state index < -0.39 is 17.5 Å². The average Bonchev–Trinajstić information content (AvgIpc) is 2.68. The Morgan fingerprint density at radius 3 is 2.36 bits per heavy atom. The highest BCUT2D eigenvalue weighted by Gasteiger charge is 2.14. The van der Waals surface area contributed by atoms with Crippen LogP contribution in [0.25, 0.3) is 22.3 Å². The lowest BCUT2D eigenvalue weighted by atomic mass is 10.1. The molecule has 4 nitrogen and oxygen atoms in total. The van der Waals surface area contributed by atoms with Crippen molar-refractivity contribution in [3.63, 3.8) is 0 Å². The third-order valence-corrected chi connectivity index (χ3v) is 4.30. The molecule has 0 atom stereocenters. The van der Waals surface area contributed by atoms with Gasteiger partial charge in [0, 0.05) is 17.5 Å². The van der Waals surface area contributed by atoms with Gasteiger partial charge in [0.15, 0.2) is 5.82 Å². The average molecular weight is 381 g/mol. The molecule has 1 heterocycles. The van der Waals surface area contributed by atoms with Gasteiger partial charge in [-0.1, -0.05) is 18.2 Å². The number of phenols is 1. The van der Waals surface area contributed by atoms with E-state index in [1.54, 1.807) is 18.2 Å². The molecular formula is C21H14F3N3O. The molecule has 0 aliphatic carbocycles. The van der Waals surface area contributed by atoms with Crippen molar-refractivity contribution in [3.05, 3.63) is 83.7 Å². The van der Waals surface area contributed by atoms with Crippen molar-refractivity contribution in [2.75, 3.05) is 5.32 Å². The van der Waals surface area contributed by atoms with Crippen LogP contribution in [0.1, 0.15) is 5.56 Å². The lowest BCUT2D eigenvalue weighted by molar-refractivity contribution is 0.477. The summed E-state index contributed by atoms with van der Waals surface area (Å²) in [6, 6.07) is 14.1. The Morgan fingerprint density at radius 1 is 0.857 bits per heavy atom. The predicted molar refractivity (Wildman–Crippen MR) is 100 cm³/mol. The quantitative estimate of drug-likeness (QED) is 0.520. The van der Waals surface area contributed by atoms with Crippen LogP contribution in [-0.4, -0.2) is 15.1 Å². The van der Waals surface area contributed by atoms with Crippen LogP contribution in [0.4, 0.5) is 19.0 Å². The van der Waals surface area contributed by atoms with Gasteiger partial charge in [-0.2, -0.15) is 0 Å². The number of hydrogen-bond acceptors (Lipinski definition) is 4. The molecule has 4 aromatic rings. The summed E-state index contributed by atoms with van der Waals surface area (Å²) in [4.78, 5) is 8.73. The van der Waals surface area contributed by atoms with Crippen LogP contribution in [0.3, 0.4) is 0 Å². The van der Waals surface area contributed by atoms with Crippen LogP contribution in [0.5, 0.6) is 5.75 Å². The van der Waals surface area contributed by atoms with Crippen molar-refractivity contribution < 1.29 is 18.3 Å². The number of aromatic nitrogens is 2. The fourth-order valence-corrected chi connectivity index (χ4v) is 2.89. The first-order chi connectivity index (χ1) is 13.5. The molecule has 140 valence electrons. The van der Waals surface area contributed by atoms with Crippen LogP contribution < -0.4 is 5.32 Å². The topological polar surface area (TPSA) is 58.0 Å². The second kappa shape index (κ2) is 7.19. The normalized spacial score (nSPS) is 11.0. The van der Waals surface area contributed by atoms with Gasteiger partial charge in [-0.15, -0.1) is 0 Å². The summed E-state index contributed by atoms with van der Waals surface area (Å²) < 4.78 is 41.6. The second-order valence-electron chi connectivity index (χ2n) is 6.13. The van der Waals surface area contributed by atoms with Crippen molar-refractivity contribution in [2.45, 2.75) is 6.54 Å².